The maximum atomic E-state index is 11.6. The lowest BCUT2D eigenvalue weighted by atomic mass is 10.2. The Kier molecular flexibility index (Phi) is 3.63. The molecule has 0 radical (unpaired) electrons. The minimum atomic E-state index is -1.03. The molecule has 3 atom stereocenters. The number of hydrogen-bond acceptors (Lipinski definition) is 4. The van der Waals surface area contributed by atoms with E-state index in [-0.39, 0.29) is 12.5 Å². The van der Waals surface area contributed by atoms with Crippen molar-refractivity contribution in [2.45, 2.75) is 44.0 Å². The van der Waals surface area contributed by atoms with Gasteiger partial charge in [0, 0.05) is 6.54 Å². The highest BCUT2D eigenvalue weighted by Gasteiger charge is 2.35. The van der Waals surface area contributed by atoms with Crippen molar-refractivity contribution in [1.29, 1.82) is 0 Å². The van der Waals surface area contributed by atoms with Gasteiger partial charge in [-0.05, 0) is 31.6 Å². The summed E-state index contributed by atoms with van der Waals surface area (Å²) < 4.78 is 5.10. The molecule has 3 unspecified atom stereocenters. The third-order valence-corrected chi connectivity index (χ3v) is 3.24. The maximum Gasteiger partial charge on any atom is 0.332 e. The fourth-order valence-corrected chi connectivity index (χ4v) is 1.98. The van der Waals surface area contributed by atoms with Crippen molar-refractivity contribution < 1.29 is 24.5 Å². The smallest absolute Gasteiger partial charge is 0.332 e. The molecule has 0 aromatic rings. The predicted molar refractivity (Wildman–Crippen MR) is 57.3 cm³/mol. The van der Waals surface area contributed by atoms with E-state index in [0.29, 0.717) is 18.8 Å². The molecule has 1 aliphatic carbocycles. The molecule has 0 aromatic heterocycles. The van der Waals surface area contributed by atoms with Crippen molar-refractivity contribution in [1.82, 2.24) is 5.32 Å². The standard InChI is InChI=1S/C11H17NO5/c13-7(6-1-2-6)5-12-10(14)8-3-4-9(17-8)11(15)16/h6-9,13H,1-5H2,(H,12,14)(H,15,16). The largest absolute Gasteiger partial charge is 0.479 e. The van der Waals surface area contributed by atoms with Gasteiger partial charge in [-0.3, -0.25) is 4.79 Å². The van der Waals surface area contributed by atoms with Crippen LogP contribution < -0.4 is 5.32 Å². The topological polar surface area (TPSA) is 95.9 Å². The third-order valence-electron chi connectivity index (χ3n) is 3.24. The van der Waals surface area contributed by atoms with Gasteiger partial charge in [0.1, 0.15) is 6.10 Å². The average Bonchev–Trinajstić information content (AvgIpc) is 3.02. The van der Waals surface area contributed by atoms with Gasteiger partial charge in [0.05, 0.1) is 6.10 Å². The number of aliphatic carboxylic acids is 1. The van der Waals surface area contributed by atoms with Crippen molar-refractivity contribution in [3.63, 3.8) is 0 Å². The molecule has 96 valence electrons. The quantitative estimate of drug-likeness (QED) is 0.605. The average molecular weight is 243 g/mol. The molecule has 1 aliphatic heterocycles. The molecular formula is C11H17NO5. The van der Waals surface area contributed by atoms with Gasteiger partial charge in [-0.15, -0.1) is 0 Å². The number of carbonyl (C=O) groups excluding carboxylic acids is 1. The number of carboxylic acids is 1. The van der Waals surface area contributed by atoms with Gasteiger partial charge in [-0.1, -0.05) is 0 Å². The summed E-state index contributed by atoms with van der Waals surface area (Å²) in [5, 5.41) is 20.9. The minimum absolute atomic E-state index is 0.223. The first-order valence-corrected chi connectivity index (χ1v) is 5.92. The van der Waals surface area contributed by atoms with E-state index in [1.807, 2.05) is 0 Å². The van der Waals surface area contributed by atoms with Crippen molar-refractivity contribution >= 4 is 11.9 Å². The lowest BCUT2D eigenvalue weighted by Crippen LogP contribution is -2.40. The zero-order chi connectivity index (χ0) is 12.4. The first-order valence-electron chi connectivity index (χ1n) is 5.92. The highest BCUT2D eigenvalue weighted by molar-refractivity contribution is 5.82. The first-order chi connectivity index (χ1) is 8.08. The Morgan fingerprint density at radius 3 is 2.41 bits per heavy atom. The molecule has 0 spiro atoms. The molecule has 6 nitrogen and oxygen atoms in total. The molecule has 1 saturated heterocycles. The number of ether oxygens (including phenoxy) is 1. The van der Waals surface area contributed by atoms with Crippen LogP contribution in [-0.4, -0.2) is 46.9 Å². The summed E-state index contributed by atoms with van der Waals surface area (Å²) in [6, 6.07) is 0. The molecule has 2 fully saturated rings. The Balaban J connectivity index is 1.71. The van der Waals surface area contributed by atoms with E-state index in [1.54, 1.807) is 0 Å². The van der Waals surface area contributed by atoms with Crippen LogP contribution in [0.15, 0.2) is 0 Å². The molecule has 1 amide bonds. The van der Waals surface area contributed by atoms with E-state index in [9.17, 15) is 14.7 Å². The number of carboxylic acid groups (broad SMARTS) is 1. The summed E-state index contributed by atoms with van der Waals surface area (Å²) in [4.78, 5) is 22.3. The van der Waals surface area contributed by atoms with E-state index < -0.39 is 24.3 Å². The Hall–Kier alpha value is -1.14. The summed E-state index contributed by atoms with van der Waals surface area (Å²) in [7, 11) is 0. The van der Waals surface area contributed by atoms with Crippen LogP contribution in [0, 0.1) is 5.92 Å². The number of rotatable bonds is 5. The number of aliphatic hydroxyl groups excluding tert-OH is 1. The van der Waals surface area contributed by atoms with E-state index in [0.717, 1.165) is 12.8 Å². The van der Waals surface area contributed by atoms with E-state index in [4.69, 9.17) is 9.84 Å². The van der Waals surface area contributed by atoms with Crippen LogP contribution in [0.2, 0.25) is 0 Å². The molecule has 2 rings (SSSR count). The van der Waals surface area contributed by atoms with Gasteiger partial charge in [-0.25, -0.2) is 4.79 Å². The van der Waals surface area contributed by atoms with Gasteiger partial charge in [-0.2, -0.15) is 0 Å². The molecule has 0 aromatic carbocycles. The monoisotopic (exact) mass is 243 g/mol. The van der Waals surface area contributed by atoms with Crippen molar-refractivity contribution in [3.8, 4) is 0 Å². The number of nitrogens with one attached hydrogen (secondary N) is 1. The maximum absolute atomic E-state index is 11.6. The molecule has 6 heteroatoms. The second-order valence-electron chi connectivity index (χ2n) is 4.68. The Morgan fingerprint density at radius 1 is 1.24 bits per heavy atom. The number of hydrogen-bond donors (Lipinski definition) is 3. The van der Waals surface area contributed by atoms with Gasteiger partial charge < -0.3 is 20.3 Å². The predicted octanol–water partition coefficient (Wildman–Crippen LogP) is -0.494. The van der Waals surface area contributed by atoms with Crippen LogP contribution in [0.4, 0.5) is 0 Å². The number of aliphatic hydroxyl groups is 1. The summed E-state index contributed by atoms with van der Waals surface area (Å²) >= 11 is 0. The Morgan fingerprint density at radius 2 is 1.88 bits per heavy atom. The second kappa shape index (κ2) is 5.01. The van der Waals surface area contributed by atoms with Crippen LogP contribution in [0.5, 0.6) is 0 Å². The molecular weight excluding hydrogens is 226 g/mol. The van der Waals surface area contributed by atoms with Crippen LogP contribution in [0.3, 0.4) is 0 Å². The summed E-state index contributed by atoms with van der Waals surface area (Å²) in [5.74, 6) is -1.04. The van der Waals surface area contributed by atoms with Gasteiger partial charge in [0.2, 0.25) is 5.91 Å². The molecule has 0 bridgehead atoms. The Labute approximate surface area is 99.0 Å². The van der Waals surface area contributed by atoms with Crippen molar-refractivity contribution in [2.24, 2.45) is 5.92 Å². The zero-order valence-electron chi connectivity index (χ0n) is 9.46. The third kappa shape index (κ3) is 3.17. The van der Waals surface area contributed by atoms with Crippen LogP contribution in [0.25, 0.3) is 0 Å². The van der Waals surface area contributed by atoms with Gasteiger partial charge in [0.15, 0.2) is 6.10 Å². The van der Waals surface area contributed by atoms with Gasteiger partial charge >= 0.3 is 5.97 Å². The first kappa shape index (κ1) is 12.3. The van der Waals surface area contributed by atoms with Crippen LogP contribution >= 0.6 is 0 Å². The fourth-order valence-electron chi connectivity index (χ4n) is 1.98. The molecule has 1 saturated carbocycles. The summed E-state index contributed by atoms with van der Waals surface area (Å²) in [6.45, 7) is 0.223. The lowest BCUT2D eigenvalue weighted by molar-refractivity contribution is -0.151. The molecule has 17 heavy (non-hydrogen) atoms. The normalized spacial score (nSPS) is 29.9. The van der Waals surface area contributed by atoms with E-state index >= 15 is 0 Å². The minimum Gasteiger partial charge on any atom is -0.479 e. The summed E-state index contributed by atoms with van der Waals surface area (Å²) in [6.07, 6.45) is 0.744. The van der Waals surface area contributed by atoms with E-state index in [1.165, 1.54) is 0 Å². The summed E-state index contributed by atoms with van der Waals surface area (Å²) in [5.41, 5.74) is 0. The number of amides is 1. The zero-order valence-corrected chi connectivity index (χ0v) is 9.46. The number of carbonyl (C=O) groups is 2. The van der Waals surface area contributed by atoms with Crippen molar-refractivity contribution in [2.75, 3.05) is 6.54 Å². The highest BCUT2D eigenvalue weighted by Crippen LogP contribution is 2.32. The lowest BCUT2D eigenvalue weighted by Gasteiger charge is -2.14. The molecule has 2 aliphatic rings. The fraction of sp³-hybridized carbons (Fsp3) is 0.818. The highest BCUT2D eigenvalue weighted by atomic mass is 16.5. The van der Waals surface area contributed by atoms with E-state index in [2.05, 4.69) is 5.32 Å². The van der Waals surface area contributed by atoms with Gasteiger partial charge in [0.25, 0.3) is 0 Å². The molecule has 1 heterocycles. The molecule has 3 N–H and O–H groups in total. The second-order valence-corrected chi connectivity index (χ2v) is 4.68. The SMILES string of the molecule is O=C(O)C1CCC(C(=O)NCC(O)C2CC2)O1. The van der Waals surface area contributed by atoms with Crippen LogP contribution in [-0.2, 0) is 14.3 Å². The Bertz CT molecular complexity index is 315. The van der Waals surface area contributed by atoms with Crippen LogP contribution in [0.1, 0.15) is 25.7 Å². The van der Waals surface area contributed by atoms with Crippen molar-refractivity contribution in [3.05, 3.63) is 0 Å².